The molecule has 3 nitrogen and oxygen atoms in total. The molecular weight excluding hydrogens is 306 g/mol. The first kappa shape index (κ1) is 14.1. The summed E-state index contributed by atoms with van der Waals surface area (Å²) in [6, 6.07) is 5.65. The van der Waals surface area contributed by atoms with Gasteiger partial charge in [0.2, 0.25) is 5.91 Å². The number of benzene rings is 1. The normalized spacial score (nSPS) is 14.6. The number of carbonyl (C=O) groups is 1. The number of ether oxygens (including phenoxy) is 1. The van der Waals surface area contributed by atoms with Gasteiger partial charge in [-0.25, -0.2) is 0 Å². The van der Waals surface area contributed by atoms with Gasteiger partial charge in [0.15, 0.2) is 0 Å². The number of halogens is 1. The van der Waals surface area contributed by atoms with Crippen molar-refractivity contribution in [2.24, 2.45) is 5.92 Å². The van der Waals surface area contributed by atoms with Crippen LogP contribution >= 0.6 is 15.9 Å². The van der Waals surface area contributed by atoms with Gasteiger partial charge in [0.25, 0.3) is 0 Å². The number of nitrogens with zero attached hydrogens (tertiary/aromatic N) is 1. The van der Waals surface area contributed by atoms with Crippen LogP contribution in [0, 0.1) is 5.92 Å². The topological polar surface area (TPSA) is 29.5 Å². The highest BCUT2D eigenvalue weighted by Crippen LogP contribution is 2.34. The molecule has 1 fully saturated rings. The Kier molecular flexibility index (Phi) is 4.64. The number of rotatable bonds is 5. The standard InChI is InChI=1S/C15H18BrNO2/c1-3-9-17(15(18)11-5-4-6-11)14-8-7-12(19-2)10-13(14)16/h3,7-8,10-11H,1,4-6,9H2,2H3. The fraction of sp³-hybridized carbons (Fsp3) is 0.400. The molecule has 0 saturated heterocycles. The quantitative estimate of drug-likeness (QED) is 0.772. The molecule has 19 heavy (non-hydrogen) atoms. The first-order valence-electron chi connectivity index (χ1n) is 6.43. The number of anilines is 1. The third kappa shape index (κ3) is 3.00. The van der Waals surface area contributed by atoms with Gasteiger partial charge in [0.1, 0.15) is 5.75 Å². The summed E-state index contributed by atoms with van der Waals surface area (Å²) in [4.78, 5) is 14.2. The van der Waals surface area contributed by atoms with Crippen molar-refractivity contribution in [2.45, 2.75) is 19.3 Å². The zero-order valence-electron chi connectivity index (χ0n) is 11.1. The molecule has 4 heteroatoms. The largest absolute Gasteiger partial charge is 0.497 e. The van der Waals surface area contributed by atoms with Crippen molar-refractivity contribution in [1.82, 2.24) is 0 Å². The lowest BCUT2D eigenvalue weighted by Crippen LogP contribution is -2.39. The number of amides is 1. The van der Waals surface area contributed by atoms with Gasteiger partial charge < -0.3 is 9.64 Å². The summed E-state index contributed by atoms with van der Waals surface area (Å²) in [5.41, 5.74) is 0.873. The van der Waals surface area contributed by atoms with E-state index in [2.05, 4.69) is 22.5 Å². The Labute approximate surface area is 122 Å². The molecule has 1 aliphatic rings. The van der Waals surface area contributed by atoms with Crippen molar-refractivity contribution >= 4 is 27.5 Å². The van der Waals surface area contributed by atoms with Gasteiger partial charge in [-0.05, 0) is 47.0 Å². The van der Waals surface area contributed by atoms with E-state index in [4.69, 9.17) is 4.74 Å². The highest BCUT2D eigenvalue weighted by Gasteiger charge is 2.30. The Bertz CT molecular complexity index is 483. The minimum atomic E-state index is 0.175. The van der Waals surface area contributed by atoms with E-state index in [1.807, 2.05) is 18.2 Å². The Morgan fingerprint density at radius 2 is 2.32 bits per heavy atom. The Balaban J connectivity index is 2.27. The van der Waals surface area contributed by atoms with Crippen molar-refractivity contribution in [3.8, 4) is 5.75 Å². The van der Waals surface area contributed by atoms with Crippen LogP contribution in [-0.4, -0.2) is 19.6 Å². The molecule has 1 amide bonds. The molecular formula is C15H18BrNO2. The maximum absolute atomic E-state index is 12.4. The second-order valence-electron chi connectivity index (χ2n) is 4.68. The van der Waals surface area contributed by atoms with Crippen LogP contribution in [0.5, 0.6) is 5.75 Å². The van der Waals surface area contributed by atoms with Gasteiger partial charge in [-0.2, -0.15) is 0 Å². The third-order valence-corrected chi connectivity index (χ3v) is 4.11. The fourth-order valence-electron chi connectivity index (χ4n) is 2.15. The molecule has 2 rings (SSSR count). The van der Waals surface area contributed by atoms with Crippen LogP contribution in [0.15, 0.2) is 35.3 Å². The number of carbonyl (C=O) groups excluding carboxylic acids is 1. The molecule has 0 unspecified atom stereocenters. The van der Waals surface area contributed by atoms with Crippen molar-refractivity contribution in [1.29, 1.82) is 0 Å². The summed E-state index contributed by atoms with van der Waals surface area (Å²) in [6.07, 6.45) is 4.91. The molecule has 1 aromatic rings. The number of hydrogen-bond donors (Lipinski definition) is 0. The van der Waals surface area contributed by atoms with Gasteiger partial charge in [0.05, 0.1) is 12.8 Å². The molecule has 0 radical (unpaired) electrons. The lowest BCUT2D eigenvalue weighted by Gasteiger charge is -2.31. The van der Waals surface area contributed by atoms with Gasteiger partial charge in [0, 0.05) is 16.9 Å². The minimum absolute atomic E-state index is 0.175. The molecule has 1 aromatic carbocycles. The predicted molar refractivity (Wildman–Crippen MR) is 80.6 cm³/mol. The molecule has 0 bridgehead atoms. The SMILES string of the molecule is C=CCN(C(=O)C1CCC1)c1ccc(OC)cc1Br. The Hall–Kier alpha value is -1.29. The molecule has 0 heterocycles. The van der Waals surface area contributed by atoms with Crippen LogP contribution in [0.25, 0.3) is 0 Å². The highest BCUT2D eigenvalue weighted by molar-refractivity contribution is 9.10. The van der Waals surface area contributed by atoms with E-state index in [0.717, 1.165) is 35.2 Å². The molecule has 102 valence electrons. The second kappa shape index (κ2) is 6.24. The van der Waals surface area contributed by atoms with Crippen LogP contribution < -0.4 is 9.64 Å². The summed E-state index contributed by atoms with van der Waals surface area (Å²) in [5.74, 6) is 1.14. The summed E-state index contributed by atoms with van der Waals surface area (Å²) < 4.78 is 6.04. The Morgan fingerprint density at radius 3 is 2.79 bits per heavy atom. The maximum Gasteiger partial charge on any atom is 0.230 e. The number of methoxy groups -OCH3 is 1. The fourth-order valence-corrected chi connectivity index (χ4v) is 2.72. The Morgan fingerprint density at radius 1 is 1.58 bits per heavy atom. The molecule has 1 aliphatic carbocycles. The van der Waals surface area contributed by atoms with E-state index < -0.39 is 0 Å². The molecule has 0 aromatic heterocycles. The van der Waals surface area contributed by atoms with Crippen molar-refractivity contribution in [3.63, 3.8) is 0 Å². The summed E-state index contributed by atoms with van der Waals surface area (Å²) in [6.45, 7) is 4.27. The average molecular weight is 324 g/mol. The highest BCUT2D eigenvalue weighted by atomic mass is 79.9. The van der Waals surface area contributed by atoms with Gasteiger partial charge >= 0.3 is 0 Å². The van der Waals surface area contributed by atoms with Crippen LogP contribution in [0.4, 0.5) is 5.69 Å². The monoisotopic (exact) mass is 323 g/mol. The van der Waals surface area contributed by atoms with E-state index in [1.54, 1.807) is 18.1 Å². The summed E-state index contributed by atoms with van der Waals surface area (Å²) in [5, 5.41) is 0. The second-order valence-corrected chi connectivity index (χ2v) is 5.54. The van der Waals surface area contributed by atoms with Gasteiger partial charge in [-0.1, -0.05) is 12.5 Å². The van der Waals surface area contributed by atoms with E-state index in [9.17, 15) is 4.79 Å². The molecule has 1 saturated carbocycles. The summed E-state index contributed by atoms with van der Waals surface area (Å²) in [7, 11) is 1.63. The van der Waals surface area contributed by atoms with Crippen LogP contribution in [0.3, 0.4) is 0 Å². The average Bonchev–Trinajstić information content (AvgIpc) is 2.34. The maximum atomic E-state index is 12.4. The van der Waals surface area contributed by atoms with Gasteiger partial charge in [-0.3, -0.25) is 4.79 Å². The lowest BCUT2D eigenvalue weighted by atomic mass is 9.84. The first-order chi connectivity index (χ1) is 9.17. The van der Waals surface area contributed by atoms with Crippen LogP contribution in [-0.2, 0) is 4.79 Å². The van der Waals surface area contributed by atoms with Crippen LogP contribution in [0.1, 0.15) is 19.3 Å². The van der Waals surface area contributed by atoms with Crippen molar-refractivity contribution in [3.05, 3.63) is 35.3 Å². The van der Waals surface area contributed by atoms with Crippen molar-refractivity contribution < 1.29 is 9.53 Å². The van der Waals surface area contributed by atoms with E-state index in [0.29, 0.717) is 6.54 Å². The van der Waals surface area contributed by atoms with E-state index in [1.165, 1.54) is 0 Å². The lowest BCUT2D eigenvalue weighted by molar-refractivity contribution is -0.124. The minimum Gasteiger partial charge on any atom is -0.497 e. The first-order valence-corrected chi connectivity index (χ1v) is 7.22. The number of hydrogen-bond acceptors (Lipinski definition) is 2. The molecule has 0 atom stereocenters. The van der Waals surface area contributed by atoms with Crippen molar-refractivity contribution in [2.75, 3.05) is 18.6 Å². The molecule has 0 spiro atoms. The van der Waals surface area contributed by atoms with Crippen LogP contribution in [0.2, 0.25) is 0 Å². The molecule has 0 N–H and O–H groups in total. The van der Waals surface area contributed by atoms with E-state index >= 15 is 0 Å². The summed E-state index contributed by atoms with van der Waals surface area (Å²) >= 11 is 3.51. The predicted octanol–water partition coefficient (Wildman–Crippen LogP) is 3.78. The molecule has 0 aliphatic heterocycles. The zero-order valence-corrected chi connectivity index (χ0v) is 12.6. The third-order valence-electron chi connectivity index (χ3n) is 3.48. The van der Waals surface area contributed by atoms with E-state index in [-0.39, 0.29) is 11.8 Å². The smallest absolute Gasteiger partial charge is 0.230 e. The van der Waals surface area contributed by atoms with Gasteiger partial charge in [-0.15, -0.1) is 6.58 Å². The zero-order chi connectivity index (χ0) is 13.8.